The van der Waals surface area contributed by atoms with Gasteiger partial charge in [0.05, 0.1) is 11.0 Å². The third-order valence-electron chi connectivity index (χ3n) is 3.52. The second kappa shape index (κ2) is 9.50. The number of nitrogens with one attached hydrogen (secondary N) is 2. The Balaban J connectivity index is 1.79. The van der Waals surface area contributed by atoms with E-state index in [1.165, 1.54) is 12.1 Å². The lowest BCUT2D eigenvalue weighted by molar-refractivity contribution is -0.274. The molecule has 0 aliphatic heterocycles. The van der Waals surface area contributed by atoms with Crippen LogP contribution in [0.1, 0.15) is 12.5 Å². The molecule has 0 saturated heterocycles. The number of alkyl halides is 3. The van der Waals surface area contributed by atoms with Gasteiger partial charge in [-0.05, 0) is 50.2 Å². The summed E-state index contributed by atoms with van der Waals surface area (Å²) in [7, 11) is 0. The normalized spacial score (nSPS) is 12.2. The van der Waals surface area contributed by atoms with Crippen molar-refractivity contribution in [3.63, 3.8) is 0 Å². The molecule has 0 bridgehead atoms. The van der Waals surface area contributed by atoms with Gasteiger partial charge in [-0.15, -0.1) is 24.9 Å². The van der Waals surface area contributed by atoms with E-state index in [0.717, 1.165) is 29.5 Å². The van der Waals surface area contributed by atoms with Crippen LogP contribution in [0, 0.1) is 6.92 Å². The molecule has 0 unspecified atom stereocenters. The number of carbonyl (C=O) groups excluding carboxylic acids is 2. The van der Waals surface area contributed by atoms with E-state index in [0.29, 0.717) is 11.4 Å². The predicted octanol–water partition coefficient (Wildman–Crippen LogP) is 4.59. The van der Waals surface area contributed by atoms with Crippen molar-refractivity contribution < 1.29 is 27.5 Å². The van der Waals surface area contributed by atoms with E-state index in [9.17, 15) is 22.8 Å². The lowest BCUT2D eigenvalue weighted by Gasteiger charge is -2.13. The molecule has 0 heterocycles. The van der Waals surface area contributed by atoms with Gasteiger partial charge in [0.15, 0.2) is 0 Å². The standard InChI is InChI=1S/C19H19F3N2O3S/c1-12-3-5-14(6-4-12)23-17(25)11-28-13(2)18(26)24-15-7-9-16(10-8-15)27-19(20,21)22/h3-10,13H,11H2,1-2H3,(H,23,25)(H,24,26)/t13-/m0/s1. The zero-order valence-corrected chi connectivity index (χ0v) is 16.0. The Kier molecular flexibility index (Phi) is 7.33. The van der Waals surface area contributed by atoms with Crippen molar-refractivity contribution in [1.29, 1.82) is 0 Å². The van der Waals surface area contributed by atoms with Gasteiger partial charge in [-0.3, -0.25) is 9.59 Å². The Labute approximate surface area is 164 Å². The number of hydrogen-bond donors (Lipinski definition) is 2. The Hall–Kier alpha value is -2.68. The van der Waals surface area contributed by atoms with Crippen LogP contribution in [-0.4, -0.2) is 29.2 Å². The van der Waals surface area contributed by atoms with Gasteiger partial charge < -0.3 is 15.4 Å². The Morgan fingerprint density at radius 2 is 1.54 bits per heavy atom. The first-order chi connectivity index (χ1) is 13.1. The molecule has 2 rings (SSSR count). The van der Waals surface area contributed by atoms with Crippen LogP contribution in [0.25, 0.3) is 0 Å². The summed E-state index contributed by atoms with van der Waals surface area (Å²) >= 11 is 1.15. The lowest BCUT2D eigenvalue weighted by Crippen LogP contribution is -2.25. The summed E-state index contributed by atoms with van der Waals surface area (Å²) in [6, 6.07) is 12.2. The minimum absolute atomic E-state index is 0.0842. The van der Waals surface area contributed by atoms with Gasteiger partial charge in [0.1, 0.15) is 5.75 Å². The summed E-state index contributed by atoms with van der Waals surface area (Å²) in [6.07, 6.45) is -4.77. The van der Waals surface area contributed by atoms with E-state index in [4.69, 9.17) is 0 Å². The second-order valence-electron chi connectivity index (χ2n) is 5.93. The first-order valence-electron chi connectivity index (χ1n) is 8.27. The zero-order chi connectivity index (χ0) is 20.7. The molecule has 2 N–H and O–H groups in total. The SMILES string of the molecule is Cc1ccc(NC(=O)CS[C@@H](C)C(=O)Nc2ccc(OC(F)(F)F)cc2)cc1. The van der Waals surface area contributed by atoms with Crippen molar-refractivity contribution in [2.45, 2.75) is 25.5 Å². The molecule has 2 aromatic rings. The van der Waals surface area contributed by atoms with Gasteiger partial charge in [0.25, 0.3) is 0 Å². The highest BCUT2D eigenvalue weighted by molar-refractivity contribution is 8.01. The molecule has 0 aliphatic carbocycles. The van der Waals surface area contributed by atoms with Gasteiger partial charge in [-0.2, -0.15) is 0 Å². The van der Waals surface area contributed by atoms with E-state index < -0.39 is 11.6 Å². The average Bonchev–Trinajstić information content (AvgIpc) is 2.62. The van der Waals surface area contributed by atoms with Gasteiger partial charge in [-0.1, -0.05) is 17.7 Å². The van der Waals surface area contributed by atoms with Crippen LogP contribution in [0.5, 0.6) is 5.75 Å². The molecule has 1 atom stereocenters. The van der Waals surface area contributed by atoms with Crippen LogP contribution in [0.2, 0.25) is 0 Å². The number of carbonyl (C=O) groups is 2. The van der Waals surface area contributed by atoms with Crippen molar-refractivity contribution in [3.8, 4) is 5.75 Å². The molecule has 0 aromatic heterocycles. The van der Waals surface area contributed by atoms with Crippen LogP contribution >= 0.6 is 11.8 Å². The summed E-state index contributed by atoms with van der Waals surface area (Å²) in [5.41, 5.74) is 2.08. The molecule has 0 radical (unpaired) electrons. The molecule has 0 aliphatic rings. The van der Waals surface area contributed by atoms with Crippen LogP contribution in [0.15, 0.2) is 48.5 Å². The zero-order valence-electron chi connectivity index (χ0n) is 15.2. The summed E-state index contributed by atoms with van der Waals surface area (Å²) in [6.45, 7) is 3.58. The maximum Gasteiger partial charge on any atom is 0.573 e. The third kappa shape index (κ3) is 7.51. The number of thioether (sulfide) groups is 1. The number of anilines is 2. The predicted molar refractivity (Wildman–Crippen MR) is 103 cm³/mol. The fourth-order valence-electron chi connectivity index (χ4n) is 2.09. The number of halogens is 3. The van der Waals surface area contributed by atoms with Gasteiger partial charge in [0.2, 0.25) is 11.8 Å². The van der Waals surface area contributed by atoms with E-state index in [-0.39, 0.29) is 23.3 Å². The molecule has 150 valence electrons. The summed E-state index contributed by atoms with van der Waals surface area (Å²) in [4.78, 5) is 24.1. The molecular formula is C19H19F3N2O3S. The van der Waals surface area contributed by atoms with Crippen molar-refractivity contribution in [2.24, 2.45) is 0 Å². The largest absolute Gasteiger partial charge is 0.573 e. The van der Waals surface area contributed by atoms with E-state index in [1.54, 1.807) is 19.1 Å². The van der Waals surface area contributed by atoms with Crippen LogP contribution in [-0.2, 0) is 9.59 Å². The fraction of sp³-hybridized carbons (Fsp3) is 0.263. The monoisotopic (exact) mass is 412 g/mol. The van der Waals surface area contributed by atoms with Crippen LogP contribution < -0.4 is 15.4 Å². The number of benzene rings is 2. The van der Waals surface area contributed by atoms with Crippen LogP contribution in [0.3, 0.4) is 0 Å². The van der Waals surface area contributed by atoms with E-state index >= 15 is 0 Å². The van der Waals surface area contributed by atoms with Crippen molar-refractivity contribution in [2.75, 3.05) is 16.4 Å². The topological polar surface area (TPSA) is 67.4 Å². The van der Waals surface area contributed by atoms with E-state index in [1.807, 2.05) is 19.1 Å². The Bertz CT molecular complexity index is 809. The molecule has 5 nitrogen and oxygen atoms in total. The van der Waals surface area contributed by atoms with Crippen molar-refractivity contribution >= 4 is 35.0 Å². The minimum atomic E-state index is -4.77. The third-order valence-corrected chi connectivity index (χ3v) is 4.67. The average molecular weight is 412 g/mol. The summed E-state index contributed by atoms with van der Waals surface area (Å²) in [5.74, 6) is -0.888. The smallest absolute Gasteiger partial charge is 0.406 e. The Morgan fingerprint density at radius 3 is 2.11 bits per heavy atom. The molecule has 2 aromatic carbocycles. The Morgan fingerprint density at radius 1 is 1.00 bits per heavy atom. The highest BCUT2D eigenvalue weighted by atomic mass is 32.2. The van der Waals surface area contributed by atoms with Gasteiger partial charge in [0, 0.05) is 11.4 Å². The molecule has 9 heteroatoms. The number of aryl methyl sites for hydroxylation is 1. The first-order valence-corrected chi connectivity index (χ1v) is 9.32. The number of hydrogen-bond acceptors (Lipinski definition) is 4. The first kappa shape index (κ1) is 21.6. The van der Waals surface area contributed by atoms with Gasteiger partial charge in [-0.25, -0.2) is 0 Å². The highest BCUT2D eigenvalue weighted by Crippen LogP contribution is 2.24. The molecule has 2 amide bonds. The molecular weight excluding hydrogens is 393 g/mol. The van der Waals surface area contributed by atoms with E-state index in [2.05, 4.69) is 15.4 Å². The maximum atomic E-state index is 12.2. The van der Waals surface area contributed by atoms with Crippen molar-refractivity contribution in [3.05, 3.63) is 54.1 Å². The van der Waals surface area contributed by atoms with Gasteiger partial charge >= 0.3 is 6.36 Å². The molecule has 28 heavy (non-hydrogen) atoms. The lowest BCUT2D eigenvalue weighted by atomic mass is 10.2. The quantitative estimate of drug-likeness (QED) is 0.698. The highest BCUT2D eigenvalue weighted by Gasteiger charge is 2.31. The fourth-order valence-corrected chi connectivity index (χ4v) is 2.78. The number of ether oxygens (including phenoxy) is 1. The molecule has 0 fully saturated rings. The van der Waals surface area contributed by atoms with Crippen LogP contribution in [0.4, 0.5) is 24.5 Å². The maximum absolute atomic E-state index is 12.2. The summed E-state index contributed by atoms with van der Waals surface area (Å²) < 4.78 is 40.2. The summed E-state index contributed by atoms with van der Waals surface area (Å²) in [5, 5.41) is 4.79. The minimum Gasteiger partial charge on any atom is -0.406 e. The number of rotatable bonds is 7. The van der Waals surface area contributed by atoms with Crippen molar-refractivity contribution in [1.82, 2.24) is 0 Å². The molecule has 0 saturated carbocycles. The second-order valence-corrected chi connectivity index (χ2v) is 7.26. The number of amides is 2. The molecule has 0 spiro atoms.